The Morgan fingerprint density at radius 3 is 2.44 bits per heavy atom. The Hall–Kier alpha value is -2.89. The molecule has 25 heavy (non-hydrogen) atoms. The summed E-state index contributed by atoms with van der Waals surface area (Å²) in [6.07, 6.45) is 6.36. The lowest BCUT2D eigenvalue weighted by atomic mass is 10.1. The fourth-order valence-electron chi connectivity index (χ4n) is 2.19. The summed E-state index contributed by atoms with van der Waals surface area (Å²) in [6.45, 7) is 4.26. The first-order valence-electron chi connectivity index (χ1n) is 8.33. The van der Waals surface area contributed by atoms with Crippen molar-refractivity contribution in [1.29, 1.82) is 0 Å². The Morgan fingerprint density at radius 1 is 1.08 bits per heavy atom. The Morgan fingerprint density at radius 2 is 1.76 bits per heavy atom. The van der Waals surface area contributed by atoms with E-state index in [4.69, 9.17) is 4.74 Å². The minimum atomic E-state index is -0.185. The highest BCUT2D eigenvalue weighted by Crippen LogP contribution is 2.08. The standard InChI is InChI=1S/C23H22O2/c1-2-3-16-22(25-19-20-12-6-4-7-13-20)17-10-11-18-23(24)21-14-8-5-9-15-21/h2,4-9,11-15,18,22H,1,3,16,19H2/b18-11+. The third-order valence-corrected chi connectivity index (χ3v) is 3.55. The molecule has 0 heterocycles. The van der Waals surface area contributed by atoms with E-state index in [1.54, 1.807) is 18.2 Å². The van der Waals surface area contributed by atoms with Gasteiger partial charge in [0, 0.05) is 5.56 Å². The van der Waals surface area contributed by atoms with Gasteiger partial charge in [0.25, 0.3) is 0 Å². The van der Waals surface area contributed by atoms with Crippen LogP contribution in [-0.2, 0) is 11.3 Å². The van der Waals surface area contributed by atoms with Crippen LogP contribution >= 0.6 is 0 Å². The summed E-state index contributed by atoms with van der Waals surface area (Å²) in [5.74, 6) is 5.94. The zero-order valence-electron chi connectivity index (χ0n) is 14.2. The van der Waals surface area contributed by atoms with E-state index in [2.05, 4.69) is 18.4 Å². The molecular formula is C23H22O2. The number of ether oxygens (including phenoxy) is 1. The predicted molar refractivity (Wildman–Crippen MR) is 102 cm³/mol. The Kier molecular flexibility index (Phi) is 7.97. The van der Waals surface area contributed by atoms with Gasteiger partial charge in [-0.05, 0) is 30.6 Å². The minimum absolute atomic E-state index is 0.0530. The molecule has 0 aliphatic heterocycles. The Balaban J connectivity index is 1.92. The molecule has 0 amide bonds. The van der Waals surface area contributed by atoms with Crippen molar-refractivity contribution in [2.45, 2.75) is 25.6 Å². The molecule has 2 heteroatoms. The highest BCUT2D eigenvalue weighted by Gasteiger charge is 2.04. The van der Waals surface area contributed by atoms with Gasteiger partial charge in [-0.25, -0.2) is 0 Å². The van der Waals surface area contributed by atoms with Crippen molar-refractivity contribution >= 4 is 5.78 Å². The summed E-state index contributed by atoms with van der Waals surface area (Å²) < 4.78 is 5.88. The lowest BCUT2D eigenvalue weighted by Gasteiger charge is -2.11. The molecule has 0 bridgehead atoms. The number of benzene rings is 2. The maximum Gasteiger partial charge on any atom is 0.186 e. The topological polar surface area (TPSA) is 26.3 Å². The summed E-state index contributed by atoms with van der Waals surface area (Å²) in [4.78, 5) is 12.0. The largest absolute Gasteiger partial charge is 0.361 e. The molecule has 0 N–H and O–H groups in total. The monoisotopic (exact) mass is 330 g/mol. The molecule has 2 aromatic rings. The molecule has 126 valence electrons. The first-order valence-corrected chi connectivity index (χ1v) is 8.33. The van der Waals surface area contributed by atoms with Crippen LogP contribution < -0.4 is 0 Å². The Labute approximate surface area is 149 Å². The fraction of sp³-hybridized carbons (Fsp3) is 0.174. The molecule has 0 aromatic heterocycles. The van der Waals surface area contributed by atoms with Gasteiger partial charge in [-0.3, -0.25) is 4.79 Å². The van der Waals surface area contributed by atoms with E-state index in [0.717, 1.165) is 18.4 Å². The molecule has 2 rings (SSSR count). The second-order valence-electron chi connectivity index (χ2n) is 5.50. The van der Waals surface area contributed by atoms with Gasteiger partial charge in [0.15, 0.2) is 5.78 Å². The summed E-state index contributed by atoms with van der Waals surface area (Å²) in [6, 6.07) is 19.1. The normalized spacial score (nSPS) is 11.5. The van der Waals surface area contributed by atoms with Gasteiger partial charge in [0.2, 0.25) is 0 Å². The quantitative estimate of drug-likeness (QED) is 0.295. The van der Waals surface area contributed by atoms with Crippen molar-refractivity contribution in [2.24, 2.45) is 0 Å². The maximum atomic E-state index is 12.0. The van der Waals surface area contributed by atoms with Gasteiger partial charge in [-0.1, -0.05) is 78.6 Å². The van der Waals surface area contributed by atoms with Crippen LogP contribution in [0.3, 0.4) is 0 Å². The zero-order chi connectivity index (χ0) is 17.7. The lowest BCUT2D eigenvalue weighted by molar-refractivity contribution is 0.0733. The van der Waals surface area contributed by atoms with Crippen molar-refractivity contribution in [3.8, 4) is 11.8 Å². The van der Waals surface area contributed by atoms with Gasteiger partial charge >= 0.3 is 0 Å². The van der Waals surface area contributed by atoms with Gasteiger partial charge in [0.1, 0.15) is 6.10 Å². The summed E-state index contributed by atoms with van der Waals surface area (Å²) in [7, 11) is 0. The first kappa shape index (κ1) is 18.4. The van der Waals surface area contributed by atoms with Crippen LogP contribution in [0.15, 0.2) is 85.5 Å². The zero-order valence-corrected chi connectivity index (χ0v) is 14.2. The van der Waals surface area contributed by atoms with E-state index in [1.165, 1.54) is 6.08 Å². The van der Waals surface area contributed by atoms with Crippen LogP contribution in [0.5, 0.6) is 0 Å². The smallest absolute Gasteiger partial charge is 0.186 e. The van der Waals surface area contributed by atoms with E-state index >= 15 is 0 Å². The van der Waals surface area contributed by atoms with Crippen molar-refractivity contribution in [1.82, 2.24) is 0 Å². The lowest BCUT2D eigenvalue weighted by Crippen LogP contribution is -2.10. The molecule has 0 spiro atoms. The molecule has 0 radical (unpaired) electrons. The summed E-state index contributed by atoms with van der Waals surface area (Å²) in [5, 5.41) is 0. The van der Waals surface area contributed by atoms with Gasteiger partial charge in [0.05, 0.1) is 6.61 Å². The van der Waals surface area contributed by atoms with Crippen LogP contribution in [0.4, 0.5) is 0 Å². The number of carbonyl (C=O) groups excluding carboxylic acids is 1. The van der Waals surface area contributed by atoms with Crippen LogP contribution in [0.25, 0.3) is 0 Å². The molecule has 1 atom stereocenters. The number of rotatable bonds is 8. The number of hydrogen-bond acceptors (Lipinski definition) is 2. The van der Waals surface area contributed by atoms with E-state index in [1.807, 2.05) is 54.6 Å². The molecule has 2 aromatic carbocycles. The first-order chi connectivity index (χ1) is 12.3. The third-order valence-electron chi connectivity index (χ3n) is 3.55. The van der Waals surface area contributed by atoms with Crippen LogP contribution in [0.2, 0.25) is 0 Å². The van der Waals surface area contributed by atoms with Crippen molar-refractivity contribution in [2.75, 3.05) is 0 Å². The predicted octanol–water partition coefficient (Wildman–Crippen LogP) is 4.98. The second kappa shape index (κ2) is 10.8. The number of carbonyl (C=O) groups is 1. The van der Waals surface area contributed by atoms with Gasteiger partial charge in [-0.2, -0.15) is 0 Å². The third kappa shape index (κ3) is 7.03. The Bertz CT molecular complexity index is 749. The van der Waals surface area contributed by atoms with E-state index in [-0.39, 0.29) is 11.9 Å². The average Bonchev–Trinajstić information content (AvgIpc) is 2.68. The molecule has 1 unspecified atom stereocenters. The highest BCUT2D eigenvalue weighted by molar-refractivity contribution is 6.04. The fourth-order valence-corrected chi connectivity index (χ4v) is 2.19. The minimum Gasteiger partial charge on any atom is -0.361 e. The number of allylic oxidation sites excluding steroid dienone is 3. The summed E-state index contributed by atoms with van der Waals surface area (Å²) >= 11 is 0. The average molecular weight is 330 g/mol. The molecule has 0 saturated heterocycles. The molecule has 0 aliphatic carbocycles. The van der Waals surface area contributed by atoms with Crippen LogP contribution in [-0.4, -0.2) is 11.9 Å². The SMILES string of the molecule is C=CCCC(C#C/C=C/C(=O)c1ccccc1)OCc1ccccc1. The molecule has 2 nitrogen and oxygen atoms in total. The molecule has 0 saturated carbocycles. The molecular weight excluding hydrogens is 308 g/mol. The van der Waals surface area contributed by atoms with Gasteiger partial charge in [-0.15, -0.1) is 6.58 Å². The molecule has 0 fully saturated rings. The van der Waals surface area contributed by atoms with Crippen molar-refractivity contribution in [3.63, 3.8) is 0 Å². The number of hydrogen-bond donors (Lipinski definition) is 0. The summed E-state index contributed by atoms with van der Waals surface area (Å²) in [5.41, 5.74) is 1.77. The van der Waals surface area contributed by atoms with Gasteiger partial charge < -0.3 is 4.74 Å². The van der Waals surface area contributed by atoms with Crippen LogP contribution in [0.1, 0.15) is 28.8 Å². The highest BCUT2D eigenvalue weighted by atomic mass is 16.5. The van der Waals surface area contributed by atoms with E-state index in [0.29, 0.717) is 12.2 Å². The van der Waals surface area contributed by atoms with Crippen molar-refractivity contribution in [3.05, 3.63) is 96.6 Å². The van der Waals surface area contributed by atoms with Crippen molar-refractivity contribution < 1.29 is 9.53 Å². The second-order valence-corrected chi connectivity index (χ2v) is 5.50. The van der Waals surface area contributed by atoms with Crippen LogP contribution in [0, 0.1) is 11.8 Å². The van der Waals surface area contributed by atoms with E-state index in [9.17, 15) is 4.79 Å². The maximum absolute atomic E-state index is 12.0. The number of ketones is 1. The molecule has 0 aliphatic rings. The van der Waals surface area contributed by atoms with E-state index < -0.39 is 0 Å².